The van der Waals surface area contributed by atoms with Gasteiger partial charge in [0.2, 0.25) is 0 Å². The molecular weight excluding hydrogens is 584 g/mol. The zero-order chi connectivity index (χ0) is 31.1. The standard InChI is InChI=1S/C30H38F4N6O2S/c1-19-10-20-11-21(37-43(41,42)24-14-35-38(4)17-24)6-7-25(20)29(40(19)18-30(2,3)34)28-26(32)12-22(13-27(28)33)36-23-15-39(16-23)9-5-8-31/h6-7,11-14,17,19,23,29,36-37H,5,8-10,15-16,18H2,1-4H3. The Bertz CT molecular complexity index is 1550. The molecule has 0 saturated carbocycles. The zero-order valence-corrected chi connectivity index (χ0v) is 25.6. The van der Waals surface area contributed by atoms with E-state index in [0.717, 1.165) is 0 Å². The van der Waals surface area contributed by atoms with E-state index >= 15 is 13.2 Å². The summed E-state index contributed by atoms with van der Waals surface area (Å²) in [5, 5.41) is 7.08. The number of alkyl halides is 2. The Hall–Kier alpha value is -3.16. The smallest absolute Gasteiger partial charge is 0.265 e. The lowest BCUT2D eigenvalue weighted by Crippen LogP contribution is -2.54. The van der Waals surface area contributed by atoms with Crippen molar-refractivity contribution in [2.45, 2.75) is 62.3 Å². The van der Waals surface area contributed by atoms with Crippen molar-refractivity contribution in [1.82, 2.24) is 19.6 Å². The zero-order valence-electron chi connectivity index (χ0n) is 24.7. The Kier molecular flexibility index (Phi) is 8.79. The van der Waals surface area contributed by atoms with Gasteiger partial charge in [0.05, 0.1) is 25.0 Å². The Balaban J connectivity index is 1.46. The first kappa shape index (κ1) is 31.3. The second-order valence-electron chi connectivity index (χ2n) is 12.2. The maximum Gasteiger partial charge on any atom is 0.265 e. The number of rotatable bonds is 11. The van der Waals surface area contributed by atoms with E-state index in [0.29, 0.717) is 55.0 Å². The van der Waals surface area contributed by atoms with Gasteiger partial charge in [0.1, 0.15) is 22.2 Å². The van der Waals surface area contributed by atoms with Crippen LogP contribution in [0.1, 0.15) is 49.9 Å². The van der Waals surface area contributed by atoms with Crippen LogP contribution in [0.3, 0.4) is 0 Å². The molecule has 3 aromatic rings. The average molecular weight is 623 g/mol. The van der Waals surface area contributed by atoms with E-state index in [1.165, 1.54) is 43.1 Å². The number of halogens is 4. The lowest BCUT2D eigenvalue weighted by Gasteiger charge is -2.44. The van der Waals surface area contributed by atoms with Crippen molar-refractivity contribution >= 4 is 21.4 Å². The van der Waals surface area contributed by atoms with Gasteiger partial charge in [-0.05, 0) is 69.0 Å². The van der Waals surface area contributed by atoms with Crippen molar-refractivity contribution in [3.05, 3.63) is 71.1 Å². The molecule has 13 heteroatoms. The van der Waals surface area contributed by atoms with Crippen LogP contribution in [0.4, 0.5) is 28.9 Å². The van der Waals surface area contributed by atoms with E-state index in [2.05, 4.69) is 20.0 Å². The highest BCUT2D eigenvalue weighted by atomic mass is 32.2. The summed E-state index contributed by atoms with van der Waals surface area (Å²) in [6.45, 7) is 6.23. The molecule has 2 N–H and O–H groups in total. The molecule has 234 valence electrons. The van der Waals surface area contributed by atoms with Crippen LogP contribution in [0.25, 0.3) is 0 Å². The number of aromatic nitrogens is 2. The van der Waals surface area contributed by atoms with Gasteiger partial charge in [0, 0.05) is 62.4 Å². The number of nitrogens with one attached hydrogen (secondary N) is 2. The van der Waals surface area contributed by atoms with Crippen LogP contribution in [-0.2, 0) is 23.5 Å². The van der Waals surface area contributed by atoms with Crippen molar-refractivity contribution in [3.63, 3.8) is 0 Å². The molecular formula is C30H38F4N6O2S. The molecule has 0 bridgehead atoms. The average Bonchev–Trinajstić information content (AvgIpc) is 3.33. The Morgan fingerprint density at radius 1 is 1.09 bits per heavy atom. The number of benzene rings is 2. The van der Waals surface area contributed by atoms with E-state index in [9.17, 15) is 12.8 Å². The van der Waals surface area contributed by atoms with E-state index in [1.807, 2.05) is 6.92 Å². The normalized spacial score (nSPS) is 20.1. The van der Waals surface area contributed by atoms with Gasteiger partial charge in [-0.15, -0.1) is 0 Å². The van der Waals surface area contributed by atoms with Crippen molar-refractivity contribution in [2.75, 3.05) is 42.9 Å². The van der Waals surface area contributed by atoms with Crippen LogP contribution in [-0.4, -0.2) is 78.6 Å². The minimum atomic E-state index is -3.91. The molecule has 3 heterocycles. The van der Waals surface area contributed by atoms with Crippen LogP contribution in [0.5, 0.6) is 0 Å². The number of fused-ring (bicyclic) bond motifs is 1. The van der Waals surface area contributed by atoms with Crippen LogP contribution < -0.4 is 10.0 Å². The molecule has 8 nitrogen and oxygen atoms in total. The van der Waals surface area contributed by atoms with Gasteiger partial charge in [-0.25, -0.2) is 21.6 Å². The van der Waals surface area contributed by atoms with E-state index in [4.69, 9.17) is 0 Å². The fourth-order valence-electron chi connectivity index (χ4n) is 6.03. The number of aryl methyl sites for hydroxylation is 1. The predicted molar refractivity (Wildman–Crippen MR) is 158 cm³/mol. The molecule has 1 aromatic heterocycles. The Morgan fingerprint density at radius 2 is 1.79 bits per heavy atom. The third-order valence-electron chi connectivity index (χ3n) is 7.94. The molecule has 0 radical (unpaired) electrons. The van der Waals surface area contributed by atoms with Crippen molar-refractivity contribution in [2.24, 2.45) is 7.05 Å². The van der Waals surface area contributed by atoms with Crippen LogP contribution >= 0.6 is 0 Å². The van der Waals surface area contributed by atoms with Gasteiger partial charge >= 0.3 is 0 Å². The Morgan fingerprint density at radius 3 is 2.40 bits per heavy atom. The molecule has 2 aromatic carbocycles. The van der Waals surface area contributed by atoms with Crippen molar-refractivity contribution in [3.8, 4) is 0 Å². The van der Waals surface area contributed by atoms with Crippen LogP contribution in [0.2, 0.25) is 0 Å². The molecule has 2 aliphatic rings. The maximum absolute atomic E-state index is 15.9. The summed E-state index contributed by atoms with van der Waals surface area (Å²) in [7, 11) is -2.29. The van der Waals surface area contributed by atoms with Gasteiger partial charge in [-0.2, -0.15) is 5.10 Å². The van der Waals surface area contributed by atoms with E-state index in [-0.39, 0.29) is 35.8 Å². The number of sulfonamides is 1. The SMILES string of the molecule is CC1Cc2cc(NS(=O)(=O)c3cnn(C)c3)ccc2C(c2c(F)cc(NC3CN(CCCF)C3)cc2F)N1CC(C)(C)F. The fraction of sp³-hybridized carbons (Fsp3) is 0.500. The summed E-state index contributed by atoms with van der Waals surface area (Å²) in [4.78, 5) is 3.84. The minimum absolute atomic E-state index is 0.00234. The number of hydrogen-bond acceptors (Lipinski definition) is 6. The highest BCUT2D eigenvalue weighted by molar-refractivity contribution is 7.92. The van der Waals surface area contributed by atoms with Crippen molar-refractivity contribution in [1.29, 1.82) is 0 Å². The fourth-order valence-corrected chi connectivity index (χ4v) is 7.06. The summed E-state index contributed by atoms with van der Waals surface area (Å²) in [5.74, 6) is -1.52. The topological polar surface area (TPSA) is 82.5 Å². The molecule has 1 saturated heterocycles. The third-order valence-corrected chi connectivity index (χ3v) is 9.28. The van der Waals surface area contributed by atoms with E-state index in [1.54, 1.807) is 30.1 Å². The number of nitrogens with zero attached hydrogens (tertiary/aromatic N) is 4. The number of hydrogen-bond donors (Lipinski definition) is 2. The summed E-state index contributed by atoms with van der Waals surface area (Å²) >= 11 is 0. The molecule has 5 rings (SSSR count). The lowest BCUT2D eigenvalue weighted by molar-refractivity contribution is 0.0653. The molecule has 1 fully saturated rings. The van der Waals surface area contributed by atoms with Crippen LogP contribution in [0, 0.1) is 11.6 Å². The lowest BCUT2D eigenvalue weighted by atomic mass is 9.83. The van der Waals surface area contributed by atoms with Gasteiger partial charge in [0.15, 0.2) is 0 Å². The molecule has 2 atom stereocenters. The molecule has 0 amide bonds. The highest BCUT2D eigenvalue weighted by Crippen LogP contribution is 2.42. The van der Waals surface area contributed by atoms with E-state index < -0.39 is 33.4 Å². The summed E-state index contributed by atoms with van der Waals surface area (Å²) in [6, 6.07) is 6.14. The number of anilines is 2. The Labute approximate surface area is 250 Å². The third kappa shape index (κ3) is 6.99. The van der Waals surface area contributed by atoms with Gasteiger partial charge in [-0.1, -0.05) is 6.07 Å². The summed E-state index contributed by atoms with van der Waals surface area (Å²) in [5.41, 5.74) is 0.0541. The second kappa shape index (κ2) is 12.1. The maximum atomic E-state index is 15.9. The van der Waals surface area contributed by atoms with Gasteiger partial charge < -0.3 is 5.32 Å². The van der Waals surface area contributed by atoms with Gasteiger partial charge in [-0.3, -0.25) is 23.6 Å². The molecule has 43 heavy (non-hydrogen) atoms. The predicted octanol–water partition coefficient (Wildman–Crippen LogP) is 5.04. The highest BCUT2D eigenvalue weighted by Gasteiger charge is 2.39. The first-order valence-electron chi connectivity index (χ1n) is 14.4. The minimum Gasteiger partial charge on any atom is -0.380 e. The number of likely N-dealkylation sites (tertiary alicyclic amines) is 1. The molecule has 2 unspecified atom stereocenters. The van der Waals surface area contributed by atoms with Crippen LogP contribution in [0.15, 0.2) is 47.6 Å². The van der Waals surface area contributed by atoms with Crippen molar-refractivity contribution < 1.29 is 26.0 Å². The summed E-state index contributed by atoms with van der Waals surface area (Å²) < 4.78 is 89.0. The quantitative estimate of drug-likeness (QED) is 0.292. The summed E-state index contributed by atoms with van der Waals surface area (Å²) in [6.07, 6.45) is 3.50. The second-order valence-corrected chi connectivity index (χ2v) is 13.9. The first-order chi connectivity index (χ1) is 20.2. The molecule has 2 aliphatic heterocycles. The van der Waals surface area contributed by atoms with Gasteiger partial charge in [0.25, 0.3) is 10.0 Å². The molecule has 0 aliphatic carbocycles. The molecule has 0 spiro atoms. The largest absolute Gasteiger partial charge is 0.380 e. The monoisotopic (exact) mass is 622 g/mol. The first-order valence-corrected chi connectivity index (χ1v) is 15.8.